The average molecular weight is 368 g/mol. The molecule has 144 valence electrons. The zero-order valence-corrected chi connectivity index (χ0v) is 16.6. The van der Waals surface area contributed by atoms with Crippen molar-refractivity contribution in [2.75, 3.05) is 6.54 Å². The van der Waals surface area contributed by atoms with Gasteiger partial charge in [0.25, 0.3) is 11.8 Å². The lowest BCUT2D eigenvalue weighted by Crippen LogP contribution is -2.52. The second kappa shape index (κ2) is 5.91. The van der Waals surface area contributed by atoms with E-state index in [0.29, 0.717) is 17.5 Å². The second-order valence-corrected chi connectivity index (χ2v) is 9.63. The summed E-state index contributed by atoms with van der Waals surface area (Å²) in [6.45, 7) is 9.40. The van der Waals surface area contributed by atoms with Crippen LogP contribution < -0.4 is 0 Å². The van der Waals surface area contributed by atoms with Crippen LogP contribution in [0.5, 0.6) is 0 Å². The van der Waals surface area contributed by atoms with Crippen LogP contribution in [0.2, 0.25) is 0 Å². The van der Waals surface area contributed by atoms with E-state index in [1.54, 1.807) is 24.3 Å². The van der Waals surface area contributed by atoms with Gasteiger partial charge in [-0.2, -0.15) is 0 Å². The number of benzene rings is 1. The molecule has 1 aromatic rings. The Labute approximate surface area is 160 Å². The molecule has 0 spiro atoms. The van der Waals surface area contributed by atoms with Crippen LogP contribution in [0.3, 0.4) is 0 Å². The highest BCUT2D eigenvalue weighted by molar-refractivity contribution is 6.22. The number of hydrogen-bond acceptors (Lipinski definition) is 3. The van der Waals surface area contributed by atoms with Gasteiger partial charge in [0.1, 0.15) is 6.04 Å². The molecule has 3 aliphatic rings. The van der Waals surface area contributed by atoms with Crippen molar-refractivity contribution in [3.63, 3.8) is 0 Å². The van der Waals surface area contributed by atoms with Gasteiger partial charge in [0.15, 0.2) is 0 Å². The van der Waals surface area contributed by atoms with Gasteiger partial charge in [0, 0.05) is 12.6 Å². The minimum atomic E-state index is -0.719. The van der Waals surface area contributed by atoms with E-state index in [9.17, 15) is 14.4 Å². The van der Waals surface area contributed by atoms with Crippen LogP contribution in [-0.4, -0.2) is 46.1 Å². The summed E-state index contributed by atoms with van der Waals surface area (Å²) in [6, 6.07) is 6.32. The van der Waals surface area contributed by atoms with E-state index in [0.717, 1.165) is 25.8 Å². The third kappa shape index (κ3) is 2.79. The Balaban J connectivity index is 1.62. The lowest BCUT2D eigenvalue weighted by Gasteiger charge is -2.39. The molecule has 0 unspecified atom stereocenters. The largest absolute Gasteiger partial charge is 0.337 e. The van der Waals surface area contributed by atoms with Crippen LogP contribution in [0.4, 0.5) is 0 Å². The van der Waals surface area contributed by atoms with Gasteiger partial charge < -0.3 is 4.90 Å². The number of imide groups is 1. The van der Waals surface area contributed by atoms with Gasteiger partial charge in [-0.3, -0.25) is 19.3 Å². The molecule has 3 amide bonds. The minimum absolute atomic E-state index is 0.0709. The second-order valence-electron chi connectivity index (χ2n) is 9.63. The molecule has 1 saturated carbocycles. The van der Waals surface area contributed by atoms with Crippen molar-refractivity contribution in [2.24, 2.45) is 10.8 Å². The number of carbonyl (C=O) groups is 3. The monoisotopic (exact) mass is 368 g/mol. The highest BCUT2D eigenvalue weighted by Crippen LogP contribution is 2.52. The predicted molar refractivity (Wildman–Crippen MR) is 102 cm³/mol. The summed E-state index contributed by atoms with van der Waals surface area (Å²) >= 11 is 0. The molecule has 4 rings (SSSR count). The smallest absolute Gasteiger partial charge is 0.262 e. The Morgan fingerprint density at radius 2 is 1.70 bits per heavy atom. The number of nitrogens with zero attached hydrogens (tertiary/aromatic N) is 2. The van der Waals surface area contributed by atoms with Crippen molar-refractivity contribution < 1.29 is 14.4 Å². The Kier molecular flexibility index (Phi) is 3.99. The van der Waals surface area contributed by atoms with Crippen LogP contribution in [0.25, 0.3) is 0 Å². The summed E-state index contributed by atoms with van der Waals surface area (Å²) in [4.78, 5) is 42.4. The molecule has 27 heavy (non-hydrogen) atoms. The molecule has 2 fully saturated rings. The van der Waals surface area contributed by atoms with Gasteiger partial charge in [0.05, 0.1) is 11.1 Å². The van der Waals surface area contributed by atoms with Gasteiger partial charge in [-0.15, -0.1) is 0 Å². The van der Waals surface area contributed by atoms with Crippen molar-refractivity contribution >= 4 is 17.7 Å². The molecular weight excluding hydrogens is 340 g/mol. The van der Waals surface area contributed by atoms with E-state index in [-0.39, 0.29) is 34.6 Å². The van der Waals surface area contributed by atoms with Gasteiger partial charge in [-0.05, 0) is 48.6 Å². The zero-order chi connectivity index (χ0) is 19.6. The molecule has 0 N–H and O–H groups in total. The number of rotatable bonds is 3. The van der Waals surface area contributed by atoms with Crippen LogP contribution >= 0.6 is 0 Å². The third-order valence-electron chi connectivity index (χ3n) is 6.51. The fraction of sp³-hybridized carbons (Fsp3) is 0.591. The average Bonchev–Trinajstić information content (AvgIpc) is 3.00. The van der Waals surface area contributed by atoms with Gasteiger partial charge in [0.2, 0.25) is 5.91 Å². The Morgan fingerprint density at radius 3 is 2.26 bits per heavy atom. The maximum Gasteiger partial charge on any atom is 0.262 e. The molecular formula is C22H28N2O3. The SMILES string of the molecule is CC[C@H](C(=O)N1C[C@@]2(C)C[C@@H]1CC(C)(C)C2)N1C(=O)c2ccccc2C1=O. The van der Waals surface area contributed by atoms with Crippen LogP contribution in [0, 0.1) is 10.8 Å². The first-order valence-electron chi connectivity index (χ1n) is 9.93. The van der Waals surface area contributed by atoms with E-state index in [1.165, 1.54) is 4.90 Å². The highest BCUT2D eigenvalue weighted by atomic mass is 16.2. The van der Waals surface area contributed by atoms with Crippen LogP contribution in [0.1, 0.15) is 74.1 Å². The highest BCUT2D eigenvalue weighted by Gasteiger charge is 2.53. The molecule has 3 atom stereocenters. The Morgan fingerprint density at radius 1 is 1.11 bits per heavy atom. The number of hydrogen-bond donors (Lipinski definition) is 0. The van der Waals surface area contributed by atoms with Crippen molar-refractivity contribution in [3.8, 4) is 0 Å². The van der Waals surface area contributed by atoms with Gasteiger partial charge in [-0.1, -0.05) is 39.8 Å². The minimum Gasteiger partial charge on any atom is -0.337 e. The summed E-state index contributed by atoms with van der Waals surface area (Å²) in [5.74, 6) is -0.757. The predicted octanol–water partition coefficient (Wildman–Crippen LogP) is 3.49. The van der Waals surface area contributed by atoms with E-state index >= 15 is 0 Å². The molecule has 5 heteroatoms. The first kappa shape index (κ1) is 18.2. The van der Waals surface area contributed by atoms with Crippen LogP contribution in [0.15, 0.2) is 24.3 Å². The summed E-state index contributed by atoms with van der Waals surface area (Å²) in [6.07, 6.45) is 3.53. The first-order chi connectivity index (χ1) is 12.7. The Hall–Kier alpha value is -2.17. The van der Waals surface area contributed by atoms with E-state index in [4.69, 9.17) is 0 Å². The summed E-state index contributed by atoms with van der Waals surface area (Å²) in [5, 5.41) is 0. The fourth-order valence-electron chi connectivity index (χ4n) is 5.87. The normalized spacial score (nSPS) is 29.9. The molecule has 1 aromatic carbocycles. The fourth-order valence-corrected chi connectivity index (χ4v) is 5.87. The van der Waals surface area contributed by atoms with Crippen molar-refractivity contribution in [2.45, 2.75) is 65.5 Å². The lowest BCUT2D eigenvalue weighted by molar-refractivity contribution is -0.136. The van der Waals surface area contributed by atoms with Crippen molar-refractivity contribution in [3.05, 3.63) is 35.4 Å². The molecule has 2 heterocycles. The lowest BCUT2D eigenvalue weighted by atomic mass is 9.65. The summed E-state index contributed by atoms with van der Waals surface area (Å²) in [5.41, 5.74) is 1.15. The topological polar surface area (TPSA) is 57.7 Å². The molecule has 0 aromatic heterocycles. The Bertz CT molecular complexity index is 796. The van der Waals surface area contributed by atoms with E-state index in [2.05, 4.69) is 20.8 Å². The van der Waals surface area contributed by atoms with E-state index < -0.39 is 6.04 Å². The van der Waals surface area contributed by atoms with Crippen LogP contribution in [-0.2, 0) is 4.79 Å². The first-order valence-corrected chi connectivity index (χ1v) is 9.93. The molecule has 0 radical (unpaired) electrons. The molecule has 1 saturated heterocycles. The number of amides is 3. The van der Waals surface area contributed by atoms with Crippen molar-refractivity contribution in [1.29, 1.82) is 0 Å². The van der Waals surface area contributed by atoms with Crippen molar-refractivity contribution in [1.82, 2.24) is 9.80 Å². The summed E-state index contributed by atoms with van der Waals surface area (Å²) < 4.78 is 0. The van der Waals surface area contributed by atoms with Gasteiger partial charge in [-0.25, -0.2) is 0 Å². The standard InChI is InChI=1S/C22H28N2O3/c1-5-17(24-18(25)15-8-6-7-9-16(15)19(24)26)20(27)23-13-22(4)11-14(23)10-21(2,3)12-22/h6-9,14,17H,5,10-13H2,1-4H3/t14-,17+,22-/m0/s1. The zero-order valence-electron chi connectivity index (χ0n) is 16.6. The molecule has 2 bridgehead atoms. The number of carbonyl (C=O) groups excluding carboxylic acids is 3. The third-order valence-corrected chi connectivity index (χ3v) is 6.51. The maximum absolute atomic E-state index is 13.5. The number of fused-ring (bicyclic) bond motifs is 3. The molecule has 1 aliphatic carbocycles. The summed E-state index contributed by atoms with van der Waals surface area (Å²) in [7, 11) is 0. The van der Waals surface area contributed by atoms with Gasteiger partial charge >= 0.3 is 0 Å². The number of likely N-dealkylation sites (tertiary alicyclic amines) is 1. The van der Waals surface area contributed by atoms with E-state index in [1.807, 2.05) is 11.8 Å². The quantitative estimate of drug-likeness (QED) is 0.768. The molecule has 5 nitrogen and oxygen atoms in total. The maximum atomic E-state index is 13.5. The molecule has 2 aliphatic heterocycles.